The highest BCUT2D eigenvalue weighted by molar-refractivity contribution is 6.02. The minimum atomic E-state index is -4.58. The number of halogens is 3. The van der Waals surface area contributed by atoms with Crippen LogP contribution in [0.4, 0.5) is 13.2 Å². The lowest BCUT2D eigenvalue weighted by Gasteiger charge is -2.23. The number of carbonyl (C=O) groups excluding carboxylic acids is 1. The summed E-state index contributed by atoms with van der Waals surface area (Å²) in [6.45, 7) is 0.237. The Bertz CT molecular complexity index is 1260. The number of hydrogen-bond acceptors (Lipinski definition) is 4. The van der Waals surface area contributed by atoms with Gasteiger partial charge in [0.25, 0.3) is 5.91 Å². The number of fused-ring (bicyclic) bond motifs is 1. The molecule has 30 heavy (non-hydrogen) atoms. The summed E-state index contributed by atoms with van der Waals surface area (Å²) in [5, 5.41) is 11.6. The Labute approximate surface area is 168 Å². The molecule has 1 amide bonds. The predicted octanol–water partition coefficient (Wildman–Crippen LogP) is 3.08. The van der Waals surface area contributed by atoms with E-state index in [4.69, 9.17) is 5.26 Å². The van der Waals surface area contributed by atoms with Crippen molar-refractivity contribution in [2.45, 2.75) is 12.6 Å². The Hall–Kier alpha value is -3.93. The zero-order valence-corrected chi connectivity index (χ0v) is 15.3. The predicted molar refractivity (Wildman–Crippen MR) is 101 cm³/mol. The summed E-state index contributed by atoms with van der Waals surface area (Å²) < 4.78 is 40.5. The number of nitriles is 1. The van der Waals surface area contributed by atoms with Crippen LogP contribution in [0.25, 0.3) is 16.9 Å². The minimum Gasteiger partial charge on any atom is -0.352 e. The summed E-state index contributed by atoms with van der Waals surface area (Å²) in [7, 11) is 0. The van der Waals surface area contributed by atoms with Crippen LogP contribution in [0.15, 0.2) is 53.3 Å². The quantitative estimate of drug-likeness (QED) is 0.703. The number of aromatic nitrogens is 2. The average Bonchev–Trinajstić information content (AvgIpc) is 2.73. The Kier molecular flexibility index (Phi) is 4.62. The third kappa shape index (κ3) is 3.33. The molecule has 0 bridgehead atoms. The molecule has 6 nitrogen and oxygen atoms in total. The molecular formula is C21H13F3N4O2. The van der Waals surface area contributed by atoms with Gasteiger partial charge in [0.15, 0.2) is 0 Å². The molecule has 0 radical (unpaired) electrons. The van der Waals surface area contributed by atoms with Crippen molar-refractivity contribution >= 4 is 5.91 Å². The van der Waals surface area contributed by atoms with E-state index in [1.165, 1.54) is 24.3 Å². The lowest BCUT2D eigenvalue weighted by atomic mass is 9.98. The Balaban J connectivity index is 1.97. The van der Waals surface area contributed by atoms with Crippen LogP contribution in [0.5, 0.6) is 0 Å². The van der Waals surface area contributed by atoms with Gasteiger partial charge in [-0.1, -0.05) is 18.2 Å². The van der Waals surface area contributed by atoms with Gasteiger partial charge in [-0.25, -0.2) is 4.79 Å². The van der Waals surface area contributed by atoms with Crippen molar-refractivity contribution in [1.29, 1.82) is 5.26 Å². The van der Waals surface area contributed by atoms with Crippen molar-refractivity contribution in [3.05, 3.63) is 81.4 Å². The number of nitrogens with zero attached hydrogens (tertiary/aromatic N) is 3. The third-order valence-electron chi connectivity index (χ3n) is 4.79. The first-order valence-electron chi connectivity index (χ1n) is 8.92. The summed E-state index contributed by atoms with van der Waals surface area (Å²) in [5.41, 5.74) is -0.316. The van der Waals surface area contributed by atoms with E-state index in [0.717, 1.165) is 16.7 Å². The van der Waals surface area contributed by atoms with Crippen LogP contribution in [0.2, 0.25) is 0 Å². The molecule has 1 aromatic heterocycles. The van der Waals surface area contributed by atoms with Crippen molar-refractivity contribution in [3.63, 3.8) is 0 Å². The number of benzene rings is 2. The Morgan fingerprint density at radius 3 is 2.50 bits per heavy atom. The van der Waals surface area contributed by atoms with Crippen LogP contribution in [-0.4, -0.2) is 22.0 Å². The molecular weight excluding hydrogens is 397 g/mol. The zero-order valence-electron chi connectivity index (χ0n) is 15.3. The molecule has 0 saturated heterocycles. The molecule has 2 heterocycles. The van der Waals surface area contributed by atoms with Gasteiger partial charge < -0.3 is 5.32 Å². The van der Waals surface area contributed by atoms with Gasteiger partial charge >= 0.3 is 11.9 Å². The fourth-order valence-corrected chi connectivity index (χ4v) is 3.42. The smallest absolute Gasteiger partial charge is 0.352 e. The molecule has 150 valence electrons. The van der Waals surface area contributed by atoms with E-state index < -0.39 is 23.3 Å². The van der Waals surface area contributed by atoms with E-state index >= 15 is 0 Å². The first-order chi connectivity index (χ1) is 14.3. The van der Waals surface area contributed by atoms with Gasteiger partial charge in [-0.15, -0.1) is 0 Å². The fourth-order valence-electron chi connectivity index (χ4n) is 3.42. The highest BCUT2D eigenvalue weighted by Crippen LogP contribution is 2.31. The second-order valence-electron chi connectivity index (χ2n) is 6.64. The highest BCUT2D eigenvalue weighted by atomic mass is 19.4. The Morgan fingerprint density at radius 1 is 1.10 bits per heavy atom. The molecule has 0 aliphatic carbocycles. The molecule has 1 N–H and O–H groups in total. The second-order valence-corrected chi connectivity index (χ2v) is 6.64. The van der Waals surface area contributed by atoms with Gasteiger partial charge in [0.05, 0.1) is 34.1 Å². The molecule has 0 unspecified atom stereocenters. The highest BCUT2D eigenvalue weighted by Gasteiger charge is 2.32. The van der Waals surface area contributed by atoms with Gasteiger partial charge in [0, 0.05) is 24.2 Å². The van der Waals surface area contributed by atoms with Crippen molar-refractivity contribution in [2.75, 3.05) is 6.54 Å². The fraction of sp³-hybridized carbons (Fsp3) is 0.143. The molecule has 0 spiro atoms. The Morgan fingerprint density at radius 2 is 1.83 bits per heavy atom. The molecule has 0 atom stereocenters. The van der Waals surface area contributed by atoms with Crippen LogP contribution in [0, 0.1) is 11.3 Å². The molecule has 1 aliphatic rings. The van der Waals surface area contributed by atoms with Crippen molar-refractivity contribution in [1.82, 2.24) is 14.9 Å². The molecule has 4 rings (SSSR count). The van der Waals surface area contributed by atoms with Crippen molar-refractivity contribution in [2.24, 2.45) is 0 Å². The normalized spacial score (nSPS) is 13.3. The molecule has 0 fully saturated rings. The van der Waals surface area contributed by atoms with Crippen molar-refractivity contribution < 1.29 is 18.0 Å². The topological polar surface area (TPSA) is 87.8 Å². The zero-order chi connectivity index (χ0) is 21.5. The first kappa shape index (κ1) is 19.4. The van der Waals surface area contributed by atoms with Gasteiger partial charge in [-0.3, -0.25) is 9.36 Å². The number of hydrogen-bond donors (Lipinski definition) is 1. The molecule has 9 heteroatoms. The van der Waals surface area contributed by atoms with Crippen molar-refractivity contribution in [3.8, 4) is 23.0 Å². The molecule has 2 aromatic carbocycles. The largest absolute Gasteiger partial charge is 0.416 e. The summed E-state index contributed by atoms with van der Waals surface area (Å²) in [6.07, 6.45) is -4.33. The maximum atomic E-state index is 13.1. The average molecular weight is 410 g/mol. The van der Waals surface area contributed by atoms with E-state index in [2.05, 4.69) is 10.3 Å². The maximum Gasteiger partial charge on any atom is 0.416 e. The summed E-state index contributed by atoms with van der Waals surface area (Å²) >= 11 is 0. The second kappa shape index (κ2) is 7.15. The van der Waals surface area contributed by atoms with Gasteiger partial charge in [0.2, 0.25) is 0 Å². The number of rotatable bonds is 2. The van der Waals surface area contributed by atoms with Gasteiger partial charge in [0.1, 0.15) is 0 Å². The molecule has 3 aromatic rings. The number of amides is 1. The SMILES string of the molecule is N#Cc1ccc(-c2nc(=O)n(-c3cccc(C(F)(F)F)c3)c3c2C(=O)NCC3)cc1. The molecule has 0 saturated carbocycles. The maximum absolute atomic E-state index is 13.1. The van der Waals surface area contributed by atoms with Crippen LogP contribution in [-0.2, 0) is 12.6 Å². The van der Waals surface area contributed by atoms with Crippen LogP contribution in [0.3, 0.4) is 0 Å². The van der Waals surface area contributed by atoms with Gasteiger partial charge in [-0.2, -0.15) is 23.4 Å². The number of carbonyl (C=O) groups is 1. The van der Waals surface area contributed by atoms with Gasteiger partial charge in [-0.05, 0) is 30.3 Å². The van der Waals surface area contributed by atoms with E-state index in [-0.39, 0.29) is 35.6 Å². The summed E-state index contributed by atoms with van der Waals surface area (Å²) in [4.78, 5) is 29.5. The van der Waals surface area contributed by atoms with E-state index in [1.807, 2.05) is 6.07 Å². The van der Waals surface area contributed by atoms with E-state index in [9.17, 15) is 22.8 Å². The third-order valence-corrected chi connectivity index (χ3v) is 4.79. The first-order valence-corrected chi connectivity index (χ1v) is 8.92. The monoisotopic (exact) mass is 410 g/mol. The lowest BCUT2D eigenvalue weighted by Crippen LogP contribution is -2.39. The van der Waals surface area contributed by atoms with E-state index in [1.54, 1.807) is 12.1 Å². The minimum absolute atomic E-state index is 0.0142. The summed E-state index contributed by atoms with van der Waals surface area (Å²) in [6, 6.07) is 12.5. The number of alkyl halides is 3. The number of nitrogens with one attached hydrogen (secondary N) is 1. The molecule has 1 aliphatic heterocycles. The van der Waals surface area contributed by atoms with Crippen LogP contribution >= 0.6 is 0 Å². The lowest BCUT2D eigenvalue weighted by molar-refractivity contribution is -0.137. The standard InChI is InChI=1S/C21H13F3N4O2/c22-21(23,24)14-2-1-3-15(10-14)28-16-8-9-26-19(29)17(16)18(27-20(28)30)13-6-4-12(11-25)5-7-13/h1-7,10H,8-9H2,(H,26,29). The van der Waals surface area contributed by atoms with Crippen LogP contribution in [0.1, 0.15) is 27.2 Å². The van der Waals surface area contributed by atoms with E-state index in [0.29, 0.717) is 11.1 Å². The summed E-state index contributed by atoms with van der Waals surface area (Å²) in [5.74, 6) is -0.469. The van der Waals surface area contributed by atoms with Crippen LogP contribution < -0.4 is 11.0 Å².